The summed E-state index contributed by atoms with van der Waals surface area (Å²) in [6, 6.07) is 2.09. The first kappa shape index (κ1) is 14.8. The van der Waals surface area contributed by atoms with Crippen LogP contribution in [0.1, 0.15) is 17.7 Å². The van der Waals surface area contributed by atoms with Gasteiger partial charge in [-0.1, -0.05) is 0 Å². The van der Waals surface area contributed by atoms with Gasteiger partial charge >= 0.3 is 0 Å². The second kappa shape index (κ2) is 5.72. The van der Waals surface area contributed by atoms with Crippen LogP contribution in [0.3, 0.4) is 0 Å². The van der Waals surface area contributed by atoms with Gasteiger partial charge in [0, 0.05) is 37.0 Å². The van der Waals surface area contributed by atoms with Crippen LogP contribution in [-0.2, 0) is 11.2 Å². The first-order valence-corrected chi connectivity index (χ1v) is 8.90. The molecule has 6 nitrogen and oxygen atoms in total. The molecule has 0 bridgehead atoms. The topological polar surface area (TPSA) is 70.2 Å². The SMILES string of the molecule is CNC(=O)Cc1cc2c(N3CCC4(CCNC4)C3)ncnc2s1. The normalized spacial score (nSPS) is 24.0. The van der Waals surface area contributed by atoms with Gasteiger partial charge in [0.1, 0.15) is 17.0 Å². The van der Waals surface area contributed by atoms with Crippen LogP contribution < -0.4 is 15.5 Å². The molecular formula is C16H21N5OS. The van der Waals surface area contributed by atoms with Gasteiger partial charge in [0.25, 0.3) is 0 Å². The van der Waals surface area contributed by atoms with E-state index >= 15 is 0 Å². The average molecular weight is 331 g/mol. The van der Waals surface area contributed by atoms with Crippen LogP contribution in [0.2, 0.25) is 0 Å². The molecule has 4 rings (SSSR count). The fourth-order valence-corrected chi connectivity index (χ4v) is 4.73. The van der Waals surface area contributed by atoms with E-state index in [-0.39, 0.29) is 5.91 Å². The monoisotopic (exact) mass is 331 g/mol. The van der Waals surface area contributed by atoms with E-state index in [9.17, 15) is 4.79 Å². The van der Waals surface area contributed by atoms with E-state index < -0.39 is 0 Å². The van der Waals surface area contributed by atoms with Crippen LogP contribution >= 0.6 is 11.3 Å². The number of nitrogens with zero attached hydrogens (tertiary/aromatic N) is 3. The highest BCUT2D eigenvalue weighted by Crippen LogP contribution is 2.40. The van der Waals surface area contributed by atoms with Gasteiger partial charge in [-0.25, -0.2) is 9.97 Å². The van der Waals surface area contributed by atoms with Gasteiger partial charge in [0.2, 0.25) is 5.91 Å². The summed E-state index contributed by atoms with van der Waals surface area (Å²) in [4.78, 5) is 25.0. The molecule has 2 aliphatic heterocycles. The third-order valence-electron chi connectivity index (χ3n) is 5.04. The summed E-state index contributed by atoms with van der Waals surface area (Å²) in [6.45, 7) is 4.35. The van der Waals surface area contributed by atoms with Crippen LogP contribution in [0.5, 0.6) is 0 Å². The third-order valence-corrected chi connectivity index (χ3v) is 6.09. The minimum Gasteiger partial charge on any atom is -0.359 e. The molecule has 2 aromatic rings. The van der Waals surface area contributed by atoms with E-state index in [1.165, 1.54) is 12.8 Å². The average Bonchev–Trinajstić information content (AvgIpc) is 3.27. The molecule has 1 amide bonds. The molecule has 23 heavy (non-hydrogen) atoms. The van der Waals surface area contributed by atoms with Crippen molar-refractivity contribution in [3.8, 4) is 0 Å². The highest BCUT2D eigenvalue weighted by Gasteiger charge is 2.41. The molecule has 0 aromatic carbocycles. The number of aromatic nitrogens is 2. The smallest absolute Gasteiger partial charge is 0.224 e. The third kappa shape index (κ3) is 2.68. The molecule has 1 atom stereocenters. The number of nitrogens with one attached hydrogen (secondary N) is 2. The van der Waals surface area contributed by atoms with Crippen LogP contribution in [0.4, 0.5) is 5.82 Å². The number of likely N-dealkylation sites (N-methyl/N-ethyl adjacent to an activating group) is 1. The lowest BCUT2D eigenvalue weighted by molar-refractivity contribution is -0.119. The van der Waals surface area contributed by atoms with Crippen molar-refractivity contribution >= 4 is 33.3 Å². The van der Waals surface area contributed by atoms with Gasteiger partial charge in [0.15, 0.2) is 0 Å². The molecule has 2 fully saturated rings. The van der Waals surface area contributed by atoms with Gasteiger partial charge in [-0.15, -0.1) is 11.3 Å². The fourth-order valence-electron chi connectivity index (χ4n) is 3.74. The quantitative estimate of drug-likeness (QED) is 0.883. The number of carbonyl (C=O) groups excluding carboxylic acids is 1. The van der Waals surface area contributed by atoms with E-state index in [2.05, 4.69) is 31.6 Å². The molecule has 2 saturated heterocycles. The van der Waals surface area contributed by atoms with Crippen molar-refractivity contribution in [2.24, 2.45) is 5.41 Å². The molecule has 0 radical (unpaired) electrons. The Hall–Kier alpha value is -1.73. The van der Waals surface area contributed by atoms with Crippen molar-refractivity contribution in [1.82, 2.24) is 20.6 Å². The molecule has 4 heterocycles. The zero-order valence-corrected chi connectivity index (χ0v) is 14.1. The maximum Gasteiger partial charge on any atom is 0.224 e. The number of anilines is 1. The predicted molar refractivity (Wildman–Crippen MR) is 91.9 cm³/mol. The Balaban J connectivity index is 1.63. The Morgan fingerprint density at radius 1 is 1.48 bits per heavy atom. The molecule has 0 aliphatic carbocycles. The molecule has 7 heteroatoms. The Bertz CT molecular complexity index is 737. The number of hydrogen-bond acceptors (Lipinski definition) is 6. The number of rotatable bonds is 3. The zero-order chi connectivity index (χ0) is 15.9. The van der Waals surface area contributed by atoms with E-state index in [0.29, 0.717) is 11.8 Å². The highest BCUT2D eigenvalue weighted by atomic mass is 32.1. The van der Waals surface area contributed by atoms with Crippen molar-refractivity contribution < 1.29 is 4.79 Å². The van der Waals surface area contributed by atoms with Gasteiger partial charge in [-0.2, -0.15) is 0 Å². The summed E-state index contributed by atoms with van der Waals surface area (Å²) in [5, 5.41) is 7.25. The molecule has 122 valence electrons. The minimum absolute atomic E-state index is 0.0308. The molecule has 1 spiro atoms. The van der Waals surface area contributed by atoms with Crippen LogP contribution in [0.25, 0.3) is 10.2 Å². The van der Waals surface area contributed by atoms with E-state index in [1.54, 1.807) is 24.7 Å². The van der Waals surface area contributed by atoms with Crippen molar-refractivity contribution in [1.29, 1.82) is 0 Å². The second-order valence-electron chi connectivity index (χ2n) is 6.58. The van der Waals surface area contributed by atoms with Crippen LogP contribution in [-0.4, -0.2) is 49.1 Å². The van der Waals surface area contributed by atoms with Crippen molar-refractivity contribution in [3.63, 3.8) is 0 Å². The Morgan fingerprint density at radius 3 is 3.17 bits per heavy atom. The summed E-state index contributed by atoms with van der Waals surface area (Å²) < 4.78 is 0. The van der Waals surface area contributed by atoms with Crippen molar-refractivity contribution in [2.45, 2.75) is 19.3 Å². The lowest BCUT2D eigenvalue weighted by atomic mass is 9.87. The fraction of sp³-hybridized carbons (Fsp3) is 0.562. The van der Waals surface area contributed by atoms with Crippen molar-refractivity contribution in [3.05, 3.63) is 17.3 Å². The molecule has 2 aliphatic rings. The van der Waals surface area contributed by atoms with Crippen molar-refractivity contribution in [2.75, 3.05) is 38.1 Å². The molecule has 2 N–H and O–H groups in total. The predicted octanol–water partition coefficient (Wildman–Crippen LogP) is 1.17. The zero-order valence-electron chi connectivity index (χ0n) is 13.3. The largest absolute Gasteiger partial charge is 0.359 e. The van der Waals surface area contributed by atoms with E-state index in [4.69, 9.17) is 0 Å². The summed E-state index contributed by atoms with van der Waals surface area (Å²) in [6.07, 6.45) is 4.53. The minimum atomic E-state index is 0.0308. The lowest BCUT2D eigenvalue weighted by Gasteiger charge is -2.23. The Morgan fingerprint density at radius 2 is 2.39 bits per heavy atom. The first-order valence-electron chi connectivity index (χ1n) is 8.09. The summed E-state index contributed by atoms with van der Waals surface area (Å²) >= 11 is 1.59. The van der Waals surface area contributed by atoms with Gasteiger partial charge in [0.05, 0.1) is 11.8 Å². The Kier molecular flexibility index (Phi) is 3.69. The van der Waals surface area contributed by atoms with E-state index in [0.717, 1.165) is 47.1 Å². The number of fused-ring (bicyclic) bond motifs is 1. The summed E-state index contributed by atoms with van der Waals surface area (Å²) in [5.41, 5.74) is 0.415. The van der Waals surface area contributed by atoms with E-state index in [1.807, 2.05) is 0 Å². The van der Waals surface area contributed by atoms with Gasteiger partial charge < -0.3 is 15.5 Å². The highest BCUT2D eigenvalue weighted by molar-refractivity contribution is 7.18. The maximum absolute atomic E-state index is 11.6. The van der Waals surface area contributed by atoms with Crippen LogP contribution in [0.15, 0.2) is 12.4 Å². The molecule has 2 aromatic heterocycles. The molecule has 0 saturated carbocycles. The first-order chi connectivity index (χ1) is 11.2. The standard InChI is InChI=1S/C16H21N5OS/c1-17-13(22)7-11-6-12-14(19-10-20-15(12)23-11)21-5-3-16(9-21)2-4-18-8-16/h6,10,18H,2-5,7-9H2,1H3,(H,17,22). The number of carbonyl (C=O) groups is 1. The summed E-state index contributed by atoms with van der Waals surface area (Å²) in [5.74, 6) is 1.06. The lowest BCUT2D eigenvalue weighted by Crippen LogP contribution is -2.29. The summed E-state index contributed by atoms with van der Waals surface area (Å²) in [7, 11) is 1.67. The maximum atomic E-state index is 11.6. The number of hydrogen-bond donors (Lipinski definition) is 2. The molecular weight excluding hydrogens is 310 g/mol. The van der Waals surface area contributed by atoms with Gasteiger partial charge in [-0.05, 0) is 25.5 Å². The second-order valence-corrected chi connectivity index (χ2v) is 7.69. The van der Waals surface area contributed by atoms with Gasteiger partial charge in [-0.3, -0.25) is 4.79 Å². The van der Waals surface area contributed by atoms with Crippen LogP contribution in [0, 0.1) is 5.41 Å². The number of thiophene rings is 1. The molecule has 1 unspecified atom stereocenters. The Labute approximate surface area is 139 Å². The number of amides is 1.